The van der Waals surface area contributed by atoms with E-state index in [1.165, 1.54) is 12.8 Å². The first kappa shape index (κ1) is 15.1. The van der Waals surface area contributed by atoms with Gasteiger partial charge in [-0.05, 0) is 64.0 Å². The maximum atomic E-state index is 9.96. The lowest BCUT2D eigenvalue weighted by Crippen LogP contribution is -2.38. The zero-order chi connectivity index (χ0) is 14.5. The Hall–Kier alpha value is -1.26. The highest BCUT2D eigenvalue weighted by Gasteiger charge is 2.26. The third-order valence-corrected chi connectivity index (χ3v) is 4.36. The highest BCUT2D eigenvalue weighted by Crippen LogP contribution is 2.36. The van der Waals surface area contributed by atoms with Crippen molar-refractivity contribution >= 4 is 0 Å². The van der Waals surface area contributed by atoms with E-state index in [0.717, 1.165) is 32.1 Å². The average Bonchev–Trinajstić information content (AvgIpc) is 2.45. The van der Waals surface area contributed by atoms with E-state index in [1.54, 1.807) is 18.2 Å². The van der Waals surface area contributed by atoms with Gasteiger partial charge in [-0.3, -0.25) is 4.90 Å². The molecule has 112 valence electrons. The molecule has 1 aromatic rings. The summed E-state index contributed by atoms with van der Waals surface area (Å²) in [5, 5.41) is 23.3. The van der Waals surface area contributed by atoms with Gasteiger partial charge in [-0.15, -0.1) is 0 Å². The molecule has 0 radical (unpaired) electrons. The molecule has 0 aromatic heterocycles. The second-order valence-corrected chi connectivity index (χ2v) is 5.67. The number of aromatic hydroxyl groups is 2. The standard InChI is InChI=1S/C16H26N2O2/c1-3-17-11-13-7-9-18(10-8-13)12(2)16-14(19)5-4-6-15(16)20/h4-6,12-13,17,19-20H,3,7-11H2,1-2H3. The summed E-state index contributed by atoms with van der Waals surface area (Å²) in [6.07, 6.45) is 2.34. The maximum Gasteiger partial charge on any atom is 0.124 e. The van der Waals surface area contributed by atoms with Crippen molar-refractivity contribution in [1.29, 1.82) is 0 Å². The van der Waals surface area contributed by atoms with Crippen LogP contribution in [0, 0.1) is 5.92 Å². The van der Waals surface area contributed by atoms with Gasteiger partial charge in [-0.1, -0.05) is 13.0 Å². The number of benzene rings is 1. The summed E-state index contributed by atoms with van der Waals surface area (Å²) in [5.74, 6) is 1.12. The molecule has 1 saturated heterocycles. The van der Waals surface area contributed by atoms with Crippen molar-refractivity contribution in [3.05, 3.63) is 23.8 Å². The Bertz CT molecular complexity index is 408. The van der Waals surface area contributed by atoms with E-state index in [-0.39, 0.29) is 17.5 Å². The predicted octanol–water partition coefficient (Wildman–Crippen LogP) is 2.48. The summed E-state index contributed by atoms with van der Waals surface area (Å²) in [6.45, 7) is 8.36. The topological polar surface area (TPSA) is 55.7 Å². The molecule has 20 heavy (non-hydrogen) atoms. The van der Waals surface area contributed by atoms with Gasteiger partial charge >= 0.3 is 0 Å². The minimum atomic E-state index is 0.0521. The normalized spacial score (nSPS) is 19.1. The van der Waals surface area contributed by atoms with Crippen LogP contribution in [0.4, 0.5) is 0 Å². The van der Waals surface area contributed by atoms with Gasteiger partial charge in [0.1, 0.15) is 11.5 Å². The number of rotatable bonds is 5. The summed E-state index contributed by atoms with van der Waals surface area (Å²) < 4.78 is 0. The monoisotopic (exact) mass is 278 g/mol. The van der Waals surface area contributed by atoms with E-state index in [4.69, 9.17) is 0 Å². The van der Waals surface area contributed by atoms with Crippen LogP contribution in [0.2, 0.25) is 0 Å². The Balaban J connectivity index is 1.96. The number of hydrogen-bond donors (Lipinski definition) is 3. The molecule has 2 rings (SSSR count). The highest BCUT2D eigenvalue weighted by molar-refractivity contribution is 5.45. The van der Waals surface area contributed by atoms with Crippen LogP contribution in [0.1, 0.15) is 38.3 Å². The van der Waals surface area contributed by atoms with Crippen molar-refractivity contribution in [2.45, 2.75) is 32.7 Å². The number of nitrogens with zero attached hydrogens (tertiary/aromatic N) is 1. The second kappa shape index (κ2) is 6.95. The quantitative estimate of drug-likeness (QED) is 0.774. The number of phenols is 2. The first-order chi connectivity index (χ1) is 9.63. The molecule has 1 unspecified atom stereocenters. The molecule has 1 aromatic carbocycles. The van der Waals surface area contributed by atoms with Crippen LogP contribution in [0.5, 0.6) is 11.5 Å². The van der Waals surface area contributed by atoms with Crippen molar-refractivity contribution < 1.29 is 10.2 Å². The lowest BCUT2D eigenvalue weighted by Gasteiger charge is -2.36. The third kappa shape index (κ3) is 3.44. The van der Waals surface area contributed by atoms with Crippen LogP contribution >= 0.6 is 0 Å². The van der Waals surface area contributed by atoms with Gasteiger partial charge in [0, 0.05) is 6.04 Å². The highest BCUT2D eigenvalue weighted by atomic mass is 16.3. The van der Waals surface area contributed by atoms with Crippen LogP contribution in [0.3, 0.4) is 0 Å². The number of phenolic OH excluding ortho intramolecular Hbond substituents is 2. The molecule has 1 aliphatic heterocycles. The van der Waals surface area contributed by atoms with Crippen molar-refractivity contribution in [3.8, 4) is 11.5 Å². The molecule has 1 fully saturated rings. The van der Waals surface area contributed by atoms with Gasteiger partial charge in [0.05, 0.1) is 5.56 Å². The van der Waals surface area contributed by atoms with Crippen molar-refractivity contribution in [3.63, 3.8) is 0 Å². The zero-order valence-electron chi connectivity index (χ0n) is 12.5. The fourth-order valence-electron chi connectivity index (χ4n) is 3.04. The smallest absolute Gasteiger partial charge is 0.124 e. The van der Waals surface area contributed by atoms with Gasteiger partial charge in [0.25, 0.3) is 0 Å². The van der Waals surface area contributed by atoms with E-state index in [0.29, 0.717) is 5.56 Å². The first-order valence-electron chi connectivity index (χ1n) is 7.59. The van der Waals surface area contributed by atoms with Gasteiger partial charge in [-0.25, -0.2) is 0 Å². The molecule has 4 nitrogen and oxygen atoms in total. The Kier molecular flexibility index (Phi) is 5.26. The molecule has 3 N–H and O–H groups in total. The maximum absolute atomic E-state index is 9.96. The van der Waals surface area contributed by atoms with E-state index < -0.39 is 0 Å². The number of likely N-dealkylation sites (tertiary alicyclic amines) is 1. The minimum absolute atomic E-state index is 0.0521. The average molecular weight is 278 g/mol. The molecule has 1 aliphatic rings. The van der Waals surface area contributed by atoms with Crippen molar-refractivity contribution in [1.82, 2.24) is 10.2 Å². The number of piperidine rings is 1. The molecular weight excluding hydrogens is 252 g/mol. The second-order valence-electron chi connectivity index (χ2n) is 5.67. The SMILES string of the molecule is CCNCC1CCN(C(C)c2c(O)cccc2O)CC1. The molecule has 4 heteroatoms. The molecule has 0 spiro atoms. The third-order valence-electron chi connectivity index (χ3n) is 4.36. The lowest BCUT2D eigenvalue weighted by atomic mass is 9.94. The molecule has 1 atom stereocenters. The van der Waals surface area contributed by atoms with Crippen LogP contribution < -0.4 is 5.32 Å². The fourth-order valence-corrected chi connectivity index (χ4v) is 3.04. The largest absolute Gasteiger partial charge is 0.507 e. The Morgan fingerprint density at radius 2 is 1.85 bits per heavy atom. The van der Waals surface area contributed by atoms with Crippen molar-refractivity contribution in [2.75, 3.05) is 26.2 Å². The van der Waals surface area contributed by atoms with E-state index in [9.17, 15) is 10.2 Å². The van der Waals surface area contributed by atoms with Gasteiger partial charge in [-0.2, -0.15) is 0 Å². The Morgan fingerprint density at radius 1 is 1.25 bits per heavy atom. The zero-order valence-corrected chi connectivity index (χ0v) is 12.5. The van der Waals surface area contributed by atoms with Crippen LogP contribution in [0.25, 0.3) is 0 Å². The van der Waals surface area contributed by atoms with Gasteiger partial charge in [0.15, 0.2) is 0 Å². The van der Waals surface area contributed by atoms with Crippen LogP contribution in [-0.4, -0.2) is 41.3 Å². The summed E-state index contributed by atoms with van der Waals surface area (Å²) in [6, 6.07) is 5.01. The fraction of sp³-hybridized carbons (Fsp3) is 0.625. The Labute approximate surface area is 121 Å². The van der Waals surface area contributed by atoms with Crippen molar-refractivity contribution in [2.24, 2.45) is 5.92 Å². The first-order valence-corrected chi connectivity index (χ1v) is 7.59. The Morgan fingerprint density at radius 3 is 2.40 bits per heavy atom. The minimum Gasteiger partial charge on any atom is -0.507 e. The summed E-state index contributed by atoms with van der Waals surface area (Å²) >= 11 is 0. The molecule has 0 aliphatic carbocycles. The summed E-state index contributed by atoms with van der Waals surface area (Å²) in [4.78, 5) is 2.34. The predicted molar refractivity (Wildman–Crippen MR) is 81.0 cm³/mol. The molecular formula is C16H26N2O2. The van der Waals surface area contributed by atoms with Gasteiger partial charge in [0.2, 0.25) is 0 Å². The summed E-state index contributed by atoms with van der Waals surface area (Å²) in [5.41, 5.74) is 0.651. The number of hydrogen-bond acceptors (Lipinski definition) is 4. The number of nitrogens with one attached hydrogen (secondary N) is 1. The lowest BCUT2D eigenvalue weighted by molar-refractivity contribution is 0.137. The van der Waals surface area contributed by atoms with Crippen LogP contribution in [-0.2, 0) is 0 Å². The van der Waals surface area contributed by atoms with E-state index >= 15 is 0 Å². The molecule has 0 saturated carbocycles. The molecule has 1 heterocycles. The van der Waals surface area contributed by atoms with Gasteiger partial charge < -0.3 is 15.5 Å². The van der Waals surface area contributed by atoms with Crippen LogP contribution in [0.15, 0.2) is 18.2 Å². The molecule has 0 bridgehead atoms. The summed E-state index contributed by atoms with van der Waals surface area (Å²) in [7, 11) is 0. The van der Waals surface area contributed by atoms with E-state index in [2.05, 4.69) is 24.1 Å². The molecule has 0 amide bonds. The van der Waals surface area contributed by atoms with E-state index in [1.807, 2.05) is 0 Å².